The molecule has 11 heavy (non-hydrogen) atoms. The predicted octanol–water partition coefficient (Wildman–Crippen LogP) is -2.17. The maximum atomic E-state index is 0. The van der Waals surface area contributed by atoms with Gasteiger partial charge in [-0.15, -0.1) is 0 Å². The third-order valence-corrected chi connectivity index (χ3v) is 0. The quantitative estimate of drug-likeness (QED) is 0.202. The van der Waals surface area contributed by atoms with Crippen LogP contribution in [-0.4, -0.2) is 0 Å². The Hall–Kier alpha value is 4.70. The van der Waals surface area contributed by atoms with E-state index in [1.54, 1.807) is 0 Å². The van der Waals surface area contributed by atoms with E-state index in [-0.39, 0.29) is 167 Å². The van der Waals surface area contributed by atoms with Crippen molar-refractivity contribution in [1.29, 1.82) is 0 Å². The van der Waals surface area contributed by atoms with Gasteiger partial charge in [-0.2, -0.15) is 0 Å². The number of rotatable bonds is 0. The van der Waals surface area contributed by atoms with Crippen LogP contribution in [0.15, 0.2) is 0 Å². The molecule has 0 atom stereocenters. The van der Waals surface area contributed by atoms with Gasteiger partial charge in [-0.3, -0.25) is 0 Å². The van der Waals surface area contributed by atoms with E-state index in [9.17, 15) is 0 Å². The second-order valence-corrected chi connectivity index (χ2v) is 0. The van der Waals surface area contributed by atoms with Crippen LogP contribution < -0.4 is 0 Å². The topological polar surface area (TPSA) is 0 Å². The van der Waals surface area contributed by atoms with Gasteiger partial charge in [0.1, 0.15) is 0 Å². The van der Waals surface area contributed by atoms with Crippen LogP contribution in [0, 0.1) is 0 Å². The summed E-state index contributed by atoms with van der Waals surface area (Å²) in [5.41, 5.74) is 0. The molecule has 0 rings (SSSR count). The van der Waals surface area contributed by atoms with E-state index in [4.69, 9.17) is 0 Å². The molecule has 0 fully saturated rings. The number of thiol groups is 8. The summed E-state index contributed by atoms with van der Waals surface area (Å²) in [4.78, 5) is 0. The summed E-state index contributed by atoms with van der Waals surface area (Å²) in [5.74, 6) is 0. The van der Waals surface area contributed by atoms with Gasteiger partial charge in [0, 0.05) is 17.1 Å². The zero-order chi connectivity index (χ0) is 0. The van der Waals surface area contributed by atoms with Gasteiger partial charge in [-0.1, -0.05) is 0 Å². The zero-order valence-electron chi connectivity index (χ0n) is 4.75. The van der Waals surface area contributed by atoms with E-state index in [0.29, 0.717) is 0 Å². The summed E-state index contributed by atoms with van der Waals surface area (Å²) in [7, 11) is 0. The third kappa shape index (κ3) is 107. The first-order valence-electron chi connectivity index (χ1n) is 0. The first kappa shape index (κ1) is 154. The average molecular weight is 512 g/mol. The molecule has 0 bridgehead atoms. The van der Waals surface area contributed by atoms with Crippen LogP contribution in [0.3, 0.4) is 0 Å². The molecule has 0 aromatic carbocycles. The maximum absolute atomic E-state index is 0. The van der Waals surface area contributed by atoms with Gasteiger partial charge < -0.3 is 108 Å². The van der Waals surface area contributed by atoms with E-state index in [0.717, 1.165) is 0 Å². The van der Waals surface area contributed by atoms with Crippen molar-refractivity contribution in [2.45, 2.75) is 0 Å². The summed E-state index contributed by atoms with van der Waals surface area (Å²) in [6.45, 7) is 0. The van der Waals surface area contributed by atoms with Crippen molar-refractivity contribution < 1.29 is 59.2 Å². The Labute approximate surface area is 164 Å². The van der Waals surface area contributed by atoms with E-state index in [1.165, 1.54) is 0 Å². The molecule has 0 aliphatic heterocycles. The molecule has 0 heterocycles. The minimum Gasteiger partial charge on any atom is -0.813 e. The largest absolute Gasteiger partial charge is 4.00 e. The predicted molar refractivity (Wildman–Crippen MR) is 70.1 cm³/mol. The fourth-order valence-electron chi connectivity index (χ4n) is 0. The van der Waals surface area contributed by atoms with Crippen molar-refractivity contribution in [2.75, 3.05) is 0 Å². The van der Waals surface area contributed by atoms with Crippen molar-refractivity contribution >= 4 is 108 Å². The molecule has 0 nitrogen and oxygen atoms in total. The van der Waals surface area contributed by atoms with Crippen LogP contribution in [0.25, 0.3) is 0 Å². The fourth-order valence-corrected chi connectivity index (χ4v) is 0. The van der Waals surface area contributed by atoms with Gasteiger partial charge in [-0.05, 0) is 0 Å². The summed E-state index contributed by atoms with van der Waals surface area (Å²) >= 11 is 0. The second-order valence-electron chi connectivity index (χ2n) is 0. The van der Waals surface area contributed by atoms with Crippen molar-refractivity contribution in [3.8, 4) is 0 Å². The summed E-state index contributed by atoms with van der Waals surface area (Å²) < 4.78 is 0. The Morgan fingerprint density at radius 2 is 0.273 bits per heavy atom. The average Bonchev–Trinajstić information content (AvgIpc) is 0. The first-order valence-corrected chi connectivity index (χ1v) is 0. The molecule has 0 aromatic heterocycles. The van der Waals surface area contributed by atoms with Crippen LogP contribution in [0.2, 0.25) is 0 Å². The van der Waals surface area contributed by atoms with Gasteiger partial charge in [0.05, 0.1) is 0 Å². The van der Waals surface area contributed by atoms with E-state index in [1.807, 2.05) is 0 Å². The van der Waals surface area contributed by atoms with Crippen molar-refractivity contribution in [2.24, 2.45) is 0 Å². The summed E-state index contributed by atoms with van der Waals surface area (Å²) in [6, 6.07) is 0. The van der Waals surface area contributed by atoms with Gasteiger partial charge >= 0.3 is 42.1 Å². The molecular formula is H8FeMo2S8. The monoisotopic (exact) mass is 516 g/mol. The second kappa shape index (κ2) is 125. The SMILES string of the molecule is [Fe].[Mo+4].[Mo+4].[SH-].[SH-].[SH-].[SH-].[SH-].[SH-].[SH-].[SH-]. The smallest absolute Gasteiger partial charge is 0.813 e. The molecule has 76 valence electrons. The van der Waals surface area contributed by atoms with Crippen LogP contribution in [-0.2, 0) is 167 Å². The zero-order valence-corrected chi connectivity index (χ0v) is 17.0. The van der Waals surface area contributed by atoms with Crippen LogP contribution >= 0.6 is 0 Å². The van der Waals surface area contributed by atoms with Gasteiger partial charge in [-0.25, -0.2) is 0 Å². The number of hydrogen-bond donors (Lipinski definition) is 0. The molecule has 0 saturated carbocycles. The Morgan fingerprint density at radius 1 is 0.273 bits per heavy atom. The fraction of sp³-hybridized carbons (Fsp3) is 0. The minimum atomic E-state index is 0. The molecule has 0 aromatic rings. The molecule has 0 N–H and O–H groups in total. The normalized spacial score (nSPS) is 0. The molecular weight excluding hydrogens is 504 g/mol. The Kier molecular flexibility index (Phi) is 1750. The molecule has 0 unspecified atom stereocenters. The molecule has 0 radical (unpaired) electrons. The molecule has 11 heteroatoms. The van der Waals surface area contributed by atoms with Gasteiger partial charge in [0.15, 0.2) is 0 Å². The Balaban J connectivity index is 0. The van der Waals surface area contributed by atoms with Crippen LogP contribution in [0.5, 0.6) is 0 Å². The van der Waals surface area contributed by atoms with E-state index in [2.05, 4.69) is 0 Å². The summed E-state index contributed by atoms with van der Waals surface area (Å²) in [6.07, 6.45) is 0. The number of hydrogen-bond acceptors (Lipinski definition) is 8. The molecule has 0 aliphatic carbocycles. The summed E-state index contributed by atoms with van der Waals surface area (Å²) in [5, 5.41) is 0. The van der Waals surface area contributed by atoms with Crippen LogP contribution in [0.4, 0.5) is 0 Å². The van der Waals surface area contributed by atoms with Crippen molar-refractivity contribution in [3.63, 3.8) is 0 Å². The molecule has 0 aliphatic rings. The Bertz CT molecular complexity index is 12.1. The molecule has 0 amide bonds. The standard InChI is InChI=1S/Fe.2Mo.8H2S/h;;;8*1H2/q;2*+4;;;;;;;;/p-8. The van der Waals surface area contributed by atoms with E-state index < -0.39 is 0 Å². The van der Waals surface area contributed by atoms with Crippen LogP contribution in [0.1, 0.15) is 0 Å². The first-order chi connectivity index (χ1) is 0. The maximum Gasteiger partial charge on any atom is 4.00 e. The minimum absolute atomic E-state index is 0. The van der Waals surface area contributed by atoms with Crippen molar-refractivity contribution in [1.82, 2.24) is 0 Å². The molecule has 0 saturated heterocycles. The Morgan fingerprint density at radius 3 is 0.273 bits per heavy atom. The molecule has 0 spiro atoms. The van der Waals surface area contributed by atoms with Gasteiger partial charge in [0.2, 0.25) is 0 Å². The van der Waals surface area contributed by atoms with Crippen molar-refractivity contribution in [3.05, 3.63) is 0 Å². The van der Waals surface area contributed by atoms with Gasteiger partial charge in [0.25, 0.3) is 0 Å². The van der Waals surface area contributed by atoms with E-state index >= 15 is 0 Å². The third-order valence-electron chi connectivity index (χ3n) is 0.